The molecule has 1 atom stereocenters. The summed E-state index contributed by atoms with van der Waals surface area (Å²) < 4.78 is 0. The van der Waals surface area contributed by atoms with Gasteiger partial charge in [0.2, 0.25) is 5.91 Å². The number of rotatable bonds is 10. The largest absolute Gasteiger partial charge is 0.371 e. The monoisotopic (exact) mass is 818 g/mol. The number of imide groups is 1. The molecule has 5 heterocycles. The quantitative estimate of drug-likeness (QED) is 0.224. The highest BCUT2D eigenvalue weighted by atomic mass is 35.5. The van der Waals surface area contributed by atoms with Crippen LogP contribution in [-0.4, -0.2) is 129 Å². The molecule has 0 aromatic heterocycles. The third-order valence-electron chi connectivity index (χ3n) is 13.4. The third kappa shape index (κ3) is 8.00. The molecular formula is C45H51ClN8O5. The molecule has 1 spiro atoms. The van der Waals surface area contributed by atoms with E-state index in [-0.39, 0.29) is 35.3 Å². The lowest BCUT2D eigenvalue weighted by atomic mass is 9.77. The minimum absolute atomic E-state index is 0.0621. The summed E-state index contributed by atoms with van der Waals surface area (Å²) >= 11 is 6.33. The van der Waals surface area contributed by atoms with Crippen LogP contribution in [0.3, 0.4) is 0 Å². The smallest absolute Gasteiger partial charge is 0.262 e. The van der Waals surface area contributed by atoms with Crippen molar-refractivity contribution in [3.8, 4) is 6.07 Å². The highest BCUT2D eigenvalue weighted by Crippen LogP contribution is 2.43. The summed E-state index contributed by atoms with van der Waals surface area (Å²) in [6, 6.07) is 20.6. The molecule has 0 bridgehead atoms. The van der Waals surface area contributed by atoms with E-state index < -0.39 is 23.8 Å². The Balaban J connectivity index is 0.815. The average Bonchev–Trinajstić information content (AvgIpc) is 3.80. The summed E-state index contributed by atoms with van der Waals surface area (Å²) in [6.45, 7) is 8.44. The summed E-state index contributed by atoms with van der Waals surface area (Å²) in [5.74, 6) is -1.42. The van der Waals surface area contributed by atoms with Crippen LogP contribution in [0.15, 0.2) is 60.7 Å². The van der Waals surface area contributed by atoms with Gasteiger partial charge in [-0.2, -0.15) is 5.26 Å². The van der Waals surface area contributed by atoms with E-state index in [1.807, 2.05) is 35.2 Å². The van der Waals surface area contributed by atoms with Gasteiger partial charge in [0, 0.05) is 108 Å². The number of piperidine rings is 2. The molecule has 5 aliphatic rings. The van der Waals surface area contributed by atoms with Crippen LogP contribution >= 0.6 is 11.6 Å². The number of piperazine rings is 1. The highest BCUT2D eigenvalue weighted by molar-refractivity contribution is 6.32. The lowest BCUT2D eigenvalue weighted by Gasteiger charge is -2.43. The Bertz CT molecular complexity index is 2170. The summed E-state index contributed by atoms with van der Waals surface area (Å²) in [6.07, 6.45) is 6.01. The lowest BCUT2D eigenvalue weighted by molar-refractivity contribution is -0.124. The number of aldehydes is 1. The molecule has 59 heavy (non-hydrogen) atoms. The summed E-state index contributed by atoms with van der Waals surface area (Å²) in [4.78, 5) is 76.7. The van der Waals surface area contributed by atoms with E-state index in [0.717, 1.165) is 112 Å². The van der Waals surface area contributed by atoms with Gasteiger partial charge in [0.05, 0.1) is 21.7 Å². The average molecular weight is 819 g/mol. The number of nitriles is 1. The number of anilines is 3. The van der Waals surface area contributed by atoms with Crippen LogP contribution in [0.2, 0.25) is 5.02 Å². The highest BCUT2D eigenvalue weighted by Gasteiger charge is 2.43. The number of benzene rings is 3. The van der Waals surface area contributed by atoms with Crippen LogP contribution in [0.5, 0.6) is 0 Å². The predicted molar refractivity (Wildman–Crippen MR) is 226 cm³/mol. The molecule has 8 rings (SSSR count). The van der Waals surface area contributed by atoms with E-state index in [1.165, 1.54) is 7.05 Å². The number of hydrogen-bond donors (Lipinski definition) is 1. The number of hydrogen-bond acceptors (Lipinski definition) is 10. The molecule has 1 N–H and O–H groups in total. The van der Waals surface area contributed by atoms with Crippen molar-refractivity contribution in [1.82, 2.24) is 20.0 Å². The van der Waals surface area contributed by atoms with Crippen molar-refractivity contribution in [2.45, 2.75) is 57.0 Å². The maximum atomic E-state index is 13.8. The Morgan fingerprint density at radius 3 is 2.15 bits per heavy atom. The molecule has 3 aromatic carbocycles. The molecule has 0 aliphatic carbocycles. The van der Waals surface area contributed by atoms with Gasteiger partial charge in [-0.05, 0) is 98.5 Å². The van der Waals surface area contributed by atoms with Crippen molar-refractivity contribution >= 4 is 58.6 Å². The fraction of sp³-hybridized carbons (Fsp3) is 0.467. The SMILES string of the molecule is CNC(=O)C(CCC=O)N1C(=O)c2ccc(N3CCC(N4CCN(C(=O)c5cccc(N6CCC7(CCN(c8ccc(C#N)c(Cl)c8)CC7)C6)c5)CC4)CC3)cc2C1=O. The molecule has 0 radical (unpaired) electrons. The zero-order valence-corrected chi connectivity index (χ0v) is 34.3. The van der Waals surface area contributed by atoms with Crippen LogP contribution in [0.25, 0.3) is 0 Å². The second kappa shape index (κ2) is 17.0. The van der Waals surface area contributed by atoms with Gasteiger partial charge in [-0.1, -0.05) is 17.7 Å². The maximum Gasteiger partial charge on any atom is 0.262 e. The van der Waals surface area contributed by atoms with E-state index in [4.69, 9.17) is 11.6 Å². The fourth-order valence-corrected chi connectivity index (χ4v) is 10.1. The molecular weight excluding hydrogens is 768 g/mol. The normalized spacial score (nSPS) is 20.2. The van der Waals surface area contributed by atoms with E-state index in [2.05, 4.69) is 43.1 Å². The van der Waals surface area contributed by atoms with Gasteiger partial charge in [0.1, 0.15) is 18.4 Å². The molecule has 3 aromatic rings. The minimum atomic E-state index is -1.04. The van der Waals surface area contributed by atoms with Crippen molar-refractivity contribution in [1.29, 1.82) is 5.26 Å². The van der Waals surface area contributed by atoms with E-state index >= 15 is 0 Å². The van der Waals surface area contributed by atoms with E-state index in [0.29, 0.717) is 36.0 Å². The fourth-order valence-electron chi connectivity index (χ4n) is 9.89. The molecule has 4 fully saturated rings. The summed E-state index contributed by atoms with van der Waals surface area (Å²) in [7, 11) is 1.45. The van der Waals surface area contributed by atoms with Crippen LogP contribution < -0.4 is 20.0 Å². The van der Waals surface area contributed by atoms with E-state index in [1.54, 1.807) is 18.2 Å². The molecule has 1 unspecified atom stereocenters. The first-order valence-electron chi connectivity index (χ1n) is 20.9. The van der Waals surface area contributed by atoms with Crippen molar-refractivity contribution in [3.05, 3.63) is 87.9 Å². The van der Waals surface area contributed by atoms with Gasteiger partial charge in [-0.25, -0.2) is 0 Å². The predicted octanol–water partition coefficient (Wildman–Crippen LogP) is 4.83. The Morgan fingerprint density at radius 2 is 1.47 bits per heavy atom. The Labute approximate surface area is 350 Å². The van der Waals surface area contributed by atoms with Crippen LogP contribution in [0, 0.1) is 16.7 Å². The van der Waals surface area contributed by atoms with Gasteiger partial charge in [0.25, 0.3) is 17.7 Å². The maximum absolute atomic E-state index is 13.8. The number of amides is 4. The van der Waals surface area contributed by atoms with Crippen LogP contribution in [0.1, 0.15) is 81.6 Å². The Hall–Kier alpha value is -5.45. The Morgan fingerprint density at radius 1 is 0.831 bits per heavy atom. The second-order valence-electron chi connectivity index (χ2n) is 16.6. The molecule has 14 heteroatoms. The molecule has 13 nitrogen and oxygen atoms in total. The number of nitrogens with zero attached hydrogens (tertiary/aromatic N) is 7. The molecule has 5 aliphatic heterocycles. The Kier molecular flexibility index (Phi) is 11.6. The zero-order chi connectivity index (χ0) is 41.3. The number of carbonyl (C=O) groups is 5. The van der Waals surface area contributed by atoms with E-state index in [9.17, 15) is 29.2 Å². The van der Waals surface area contributed by atoms with Crippen molar-refractivity contribution < 1.29 is 24.0 Å². The second-order valence-corrected chi connectivity index (χ2v) is 17.0. The number of fused-ring (bicyclic) bond motifs is 1. The number of carbonyl (C=O) groups excluding carboxylic acids is 5. The van der Waals surface area contributed by atoms with Crippen molar-refractivity contribution in [2.75, 3.05) is 87.2 Å². The van der Waals surface area contributed by atoms with Gasteiger partial charge < -0.3 is 29.7 Å². The molecule has 4 amide bonds. The number of nitrogens with one attached hydrogen (secondary N) is 1. The van der Waals surface area contributed by atoms with Crippen molar-refractivity contribution in [3.63, 3.8) is 0 Å². The summed E-state index contributed by atoms with van der Waals surface area (Å²) in [5, 5.41) is 12.3. The van der Waals surface area contributed by atoms with Gasteiger partial charge in [-0.15, -0.1) is 0 Å². The third-order valence-corrected chi connectivity index (χ3v) is 13.7. The number of halogens is 1. The first-order valence-corrected chi connectivity index (χ1v) is 21.2. The van der Waals surface area contributed by atoms with Gasteiger partial charge in [0.15, 0.2) is 0 Å². The van der Waals surface area contributed by atoms with Crippen molar-refractivity contribution in [2.24, 2.45) is 5.41 Å². The first-order chi connectivity index (χ1) is 28.6. The zero-order valence-electron chi connectivity index (χ0n) is 33.6. The molecule has 308 valence electrons. The minimum Gasteiger partial charge on any atom is -0.371 e. The van der Waals surface area contributed by atoms with Gasteiger partial charge >= 0.3 is 0 Å². The summed E-state index contributed by atoms with van der Waals surface area (Å²) in [5.41, 5.74) is 5.10. The standard InChI is InChI=1S/C45H51ClN8O5/c1-48-41(56)40(6-3-25-55)54-43(58)37-10-9-35(27-38(37)44(54)59)49-16-11-33(12-17-49)51-21-23-52(24-22-51)42(57)31-4-2-5-34(26-31)53-20-15-45(30-53)13-18-50(19-14-45)36-8-7-32(29-47)39(46)28-36/h2,4-5,7-10,25-28,33,40H,3,6,11-24,30H2,1H3,(H,48,56). The van der Waals surface area contributed by atoms with Crippen LogP contribution in [0.4, 0.5) is 17.1 Å². The molecule has 0 saturated carbocycles. The topological polar surface area (TPSA) is 141 Å². The van der Waals surface area contributed by atoms with Gasteiger partial charge in [-0.3, -0.25) is 29.0 Å². The molecule has 4 saturated heterocycles. The lowest BCUT2D eigenvalue weighted by Crippen LogP contribution is -2.54. The number of likely N-dealkylation sites (N-methyl/N-ethyl adjacent to an activating group) is 1. The first kappa shape index (κ1) is 40.3. The van der Waals surface area contributed by atoms with Crippen LogP contribution in [-0.2, 0) is 9.59 Å².